The van der Waals surface area contributed by atoms with Crippen LogP contribution in [0.4, 0.5) is 0 Å². The Morgan fingerprint density at radius 1 is 1.29 bits per heavy atom. The molecule has 0 aromatic carbocycles. The zero-order valence-electron chi connectivity index (χ0n) is 10.9. The molecule has 1 saturated carbocycles. The van der Waals surface area contributed by atoms with Gasteiger partial charge in [-0.2, -0.15) is 0 Å². The first-order valence-electron chi connectivity index (χ1n) is 6.55. The summed E-state index contributed by atoms with van der Waals surface area (Å²) in [5, 5.41) is -0.00423. The Labute approximate surface area is 109 Å². The molecule has 0 spiro atoms. The molecule has 17 heavy (non-hydrogen) atoms. The van der Waals surface area contributed by atoms with Gasteiger partial charge in [0.25, 0.3) is 0 Å². The fourth-order valence-corrected chi connectivity index (χ4v) is 2.81. The van der Waals surface area contributed by atoms with Crippen LogP contribution in [0.15, 0.2) is 6.20 Å². The average molecular weight is 253 g/mol. The normalized spacial score (nSPS) is 26.8. The van der Waals surface area contributed by atoms with Gasteiger partial charge in [0.1, 0.15) is 5.82 Å². The zero-order valence-corrected chi connectivity index (χ0v) is 11.7. The van der Waals surface area contributed by atoms with E-state index < -0.39 is 0 Å². The molecule has 0 bridgehead atoms. The Morgan fingerprint density at radius 3 is 2.47 bits per heavy atom. The van der Waals surface area contributed by atoms with Crippen LogP contribution < -0.4 is 0 Å². The average Bonchev–Trinajstić information content (AvgIpc) is 2.29. The SMILES string of the molecule is Cc1nc(C2CCC(C)CC2)ncc1C(C)Cl. The summed E-state index contributed by atoms with van der Waals surface area (Å²) in [4.78, 5) is 9.16. The highest BCUT2D eigenvalue weighted by Crippen LogP contribution is 2.34. The third kappa shape index (κ3) is 2.98. The Balaban J connectivity index is 2.14. The Kier molecular flexibility index (Phi) is 4.03. The second kappa shape index (κ2) is 5.34. The van der Waals surface area contributed by atoms with E-state index in [1.54, 1.807) is 0 Å². The van der Waals surface area contributed by atoms with Gasteiger partial charge in [-0.05, 0) is 32.6 Å². The molecule has 1 aromatic heterocycles. The van der Waals surface area contributed by atoms with Crippen LogP contribution in [-0.4, -0.2) is 9.97 Å². The monoisotopic (exact) mass is 252 g/mol. The third-order valence-corrected chi connectivity index (χ3v) is 4.08. The molecule has 1 aromatic rings. The maximum atomic E-state index is 6.09. The van der Waals surface area contributed by atoms with Crippen LogP contribution in [0.3, 0.4) is 0 Å². The van der Waals surface area contributed by atoms with E-state index in [1.165, 1.54) is 25.7 Å². The minimum Gasteiger partial charge on any atom is -0.241 e. The number of hydrogen-bond acceptors (Lipinski definition) is 2. The zero-order chi connectivity index (χ0) is 12.4. The molecule has 2 rings (SSSR count). The van der Waals surface area contributed by atoms with Gasteiger partial charge in [-0.1, -0.05) is 19.8 Å². The van der Waals surface area contributed by atoms with Gasteiger partial charge in [-0.15, -0.1) is 11.6 Å². The molecule has 1 unspecified atom stereocenters. The van der Waals surface area contributed by atoms with Crippen molar-refractivity contribution in [2.75, 3.05) is 0 Å². The lowest BCUT2D eigenvalue weighted by atomic mass is 9.82. The van der Waals surface area contributed by atoms with Crippen LogP contribution in [0, 0.1) is 12.8 Å². The van der Waals surface area contributed by atoms with Crippen molar-refractivity contribution in [2.24, 2.45) is 5.92 Å². The third-order valence-electron chi connectivity index (χ3n) is 3.85. The molecule has 1 heterocycles. The first-order chi connectivity index (χ1) is 8.08. The Bertz CT molecular complexity index is 382. The number of aromatic nitrogens is 2. The van der Waals surface area contributed by atoms with E-state index in [-0.39, 0.29) is 5.38 Å². The highest BCUT2D eigenvalue weighted by molar-refractivity contribution is 6.20. The quantitative estimate of drug-likeness (QED) is 0.730. The molecule has 3 heteroatoms. The fraction of sp³-hybridized carbons (Fsp3) is 0.714. The predicted octanol–water partition coefficient (Wildman–Crippen LogP) is 4.38. The Morgan fingerprint density at radius 2 is 1.94 bits per heavy atom. The molecule has 1 aliphatic carbocycles. The molecule has 0 saturated heterocycles. The van der Waals surface area contributed by atoms with E-state index in [0.717, 1.165) is 23.0 Å². The molecule has 1 aliphatic rings. The molecular formula is C14H21ClN2. The summed E-state index contributed by atoms with van der Waals surface area (Å²) in [7, 11) is 0. The largest absolute Gasteiger partial charge is 0.241 e. The van der Waals surface area contributed by atoms with Gasteiger partial charge in [-0.3, -0.25) is 0 Å². The molecule has 94 valence electrons. The molecule has 0 radical (unpaired) electrons. The standard InChI is InChI=1S/C14H21ClN2/c1-9-4-6-12(7-5-9)14-16-8-13(10(2)15)11(3)17-14/h8-10,12H,4-7H2,1-3H3. The summed E-state index contributed by atoms with van der Waals surface area (Å²) in [6, 6.07) is 0. The van der Waals surface area contributed by atoms with E-state index in [0.29, 0.717) is 5.92 Å². The predicted molar refractivity (Wildman–Crippen MR) is 71.4 cm³/mol. The number of hydrogen-bond donors (Lipinski definition) is 0. The first-order valence-corrected chi connectivity index (χ1v) is 6.99. The number of aryl methyl sites for hydroxylation is 1. The smallest absolute Gasteiger partial charge is 0.131 e. The number of rotatable bonds is 2. The van der Waals surface area contributed by atoms with Crippen molar-refractivity contribution in [2.45, 2.75) is 57.7 Å². The number of halogens is 1. The minimum atomic E-state index is -0.00423. The van der Waals surface area contributed by atoms with E-state index in [2.05, 4.69) is 16.9 Å². The summed E-state index contributed by atoms with van der Waals surface area (Å²) in [5.74, 6) is 2.45. The van der Waals surface area contributed by atoms with Gasteiger partial charge >= 0.3 is 0 Å². The van der Waals surface area contributed by atoms with Crippen LogP contribution >= 0.6 is 11.6 Å². The number of alkyl halides is 1. The van der Waals surface area contributed by atoms with Gasteiger partial charge in [0.15, 0.2) is 0 Å². The molecular weight excluding hydrogens is 232 g/mol. The first kappa shape index (κ1) is 12.8. The van der Waals surface area contributed by atoms with E-state index >= 15 is 0 Å². The molecule has 0 N–H and O–H groups in total. The number of nitrogens with zero attached hydrogens (tertiary/aromatic N) is 2. The second-order valence-corrected chi connectivity index (χ2v) is 6.00. The lowest BCUT2D eigenvalue weighted by molar-refractivity contribution is 0.339. The van der Waals surface area contributed by atoms with Crippen molar-refractivity contribution in [3.8, 4) is 0 Å². The highest BCUT2D eigenvalue weighted by atomic mass is 35.5. The van der Waals surface area contributed by atoms with Crippen molar-refractivity contribution >= 4 is 11.6 Å². The minimum absolute atomic E-state index is 0.00423. The second-order valence-electron chi connectivity index (χ2n) is 5.34. The summed E-state index contributed by atoms with van der Waals surface area (Å²) in [5.41, 5.74) is 2.09. The van der Waals surface area contributed by atoms with Gasteiger partial charge < -0.3 is 0 Å². The van der Waals surface area contributed by atoms with E-state index in [9.17, 15) is 0 Å². The van der Waals surface area contributed by atoms with Crippen LogP contribution in [0.5, 0.6) is 0 Å². The van der Waals surface area contributed by atoms with Crippen molar-refractivity contribution in [3.05, 3.63) is 23.3 Å². The van der Waals surface area contributed by atoms with Gasteiger partial charge in [0, 0.05) is 23.4 Å². The lowest BCUT2D eigenvalue weighted by Crippen LogP contribution is -2.14. The fourth-order valence-electron chi connectivity index (χ4n) is 2.60. The molecule has 2 nitrogen and oxygen atoms in total. The van der Waals surface area contributed by atoms with E-state index in [4.69, 9.17) is 11.6 Å². The Hall–Kier alpha value is -0.630. The van der Waals surface area contributed by atoms with Gasteiger partial charge in [0.2, 0.25) is 0 Å². The highest BCUT2D eigenvalue weighted by Gasteiger charge is 2.22. The maximum absolute atomic E-state index is 6.09. The molecule has 1 fully saturated rings. The summed E-state index contributed by atoms with van der Waals surface area (Å²) in [6.45, 7) is 6.33. The molecule has 1 atom stereocenters. The van der Waals surface area contributed by atoms with Gasteiger partial charge in [-0.25, -0.2) is 9.97 Å². The topological polar surface area (TPSA) is 25.8 Å². The van der Waals surface area contributed by atoms with Crippen molar-refractivity contribution in [1.29, 1.82) is 0 Å². The van der Waals surface area contributed by atoms with E-state index in [1.807, 2.05) is 20.0 Å². The van der Waals surface area contributed by atoms with Crippen LogP contribution in [0.1, 0.15) is 67.9 Å². The van der Waals surface area contributed by atoms with Crippen LogP contribution in [0.25, 0.3) is 0 Å². The summed E-state index contributed by atoms with van der Waals surface area (Å²) in [6.07, 6.45) is 6.99. The summed E-state index contributed by atoms with van der Waals surface area (Å²) < 4.78 is 0. The maximum Gasteiger partial charge on any atom is 0.131 e. The molecule has 0 amide bonds. The van der Waals surface area contributed by atoms with Crippen molar-refractivity contribution in [3.63, 3.8) is 0 Å². The van der Waals surface area contributed by atoms with Crippen molar-refractivity contribution in [1.82, 2.24) is 9.97 Å². The summed E-state index contributed by atoms with van der Waals surface area (Å²) >= 11 is 6.09. The van der Waals surface area contributed by atoms with Gasteiger partial charge in [0.05, 0.1) is 5.38 Å². The van der Waals surface area contributed by atoms with Crippen LogP contribution in [0.2, 0.25) is 0 Å². The lowest BCUT2D eigenvalue weighted by Gasteiger charge is -2.25. The van der Waals surface area contributed by atoms with Crippen LogP contribution in [-0.2, 0) is 0 Å². The van der Waals surface area contributed by atoms with Crippen molar-refractivity contribution < 1.29 is 0 Å². The molecule has 0 aliphatic heterocycles.